The molecule has 234 valence electrons. The summed E-state index contributed by atoms with van der Waals surface area (Å²) in [5.74, 6) is 0. The first-order valence-corrected chi connectivity index (χ1v) is 17.1. The second kappa shape index (κ2) is 11.5. The second-order valence-electron chi connectivity index (χ2n) is 12.9. The zero-order valence-electron chi connectivity index (χ0n) is 27.3. The number of hydrogen-bond donors (Lipinski definition) is 0. The Hall–Kier alpha value is -6.64. The predicted molar refractivity (Wildman–Crippen MR) is 212 cm³/mol. The molecule has 0 aliphatic heterocycles. The van der Waals surface area contributed by atoms with Crippen LogP contribution >= 0.6 is 0 Å². The highest BCUT2D eigenvalue weighted by Gasteiger charge is 2.24. The van der Waals surface area contributed by atoms with Crippen LogP contribution in [0.2, 0.25) is 0 Å². The van der Waals surface area contributed by atoms with E-state index in [-0.39, 0.29) is 0 Å². The summed E-state index contributed by atoms with van der Waals surface area (Å²) in [5, 5.41) is 9.55. The molecule has 0 aliphatic carbocycles. The topological polar surface area (TPSA) is 16.4 Å². The number of anilines is 3. The van der Waals surface area contributed by atoms with Gasteiger partial charge in [-0.25, -0.2) is 0 Å². The Morgan fingerprint density at radius 3 is 1.76 bits per heavy atom. The number of rotatable bonds is 5. The largest absolute Gasteiger partial charge is 0.456 e. The minimum Gasteiger partial charge on any atom is -0.456 e. The highest BCUT2D eigenvalue weighted by atomic mass is 16.3. The molecule has 0 radical (unpaired) electrons. The van der Waals surface area contributed by atoms with Crippen LogP contribution in [0.25, 0.3) is 76.5 Å². The monoisotopic (exact) mass is 637 g/mol. The van der Waals surface area contributed by atoms with Gasteiger partial charge >= 0.3 is 0 Å². The van der Waals surface area contributed by atoms with E-state index in [4.69, 9.17) is 4.42 Å². The molecular weight excluding hydrogens is 607 g/mol. The lowest BCUT2D eigenvalue weighted by molar-refractivity contribution is 0.669. The fourth-order valence-corrected chi connectivity index (χ4v) is 7.80. The quantitative estimate of drug-likeness (QED) is 0.175. The van der Waals surface area contributed by atoms with Gasteiger partial charge < -0.3 is 9.32 Å². The molecule has 0 spiro atoms. The molecule has 10 aromatic rings. The second-order valence-corrected chi connectivity index (χ2v) is 12.9. The van der Waals surface area contributed by atoms with Crippen LogP contribution in [0.1, 0.15) is 0 Å². The maximum Gasteiger partial charge on any atom is 0.137 e. The molecule has 2 nitrogen and oxygen atoms in total. The van der Waals surface area contributed by atoms with Crippen molar-refractivity contribution in [3.63, 3.8) is 0 Å². The molecule has 0 aliphatic rings. The summed E-state index contributed by atoms with van der Waals surface area (Å²) in [5.41, 5.74) is 9.78. The Kier molecular flexibility index (Phi) is 6.53. The Balaban J connectivity index is 1.28. The lowest BCUT2D eigenvalue weighted by atomic mass is 9.94. The molecule has 1 heterocycles. The molecule has 0 bridgehead atoms. The molecule has 10 rings (SSSR count). The number of nitrogens with zero attached hydrogens (tertiary/aromatic N) is 1. The van der Waals surface area contributed by atoms with E-state index >= 15 is 0 Å². The van der Waals surface area contributed by atoms with E-state index in [0.717, 1.165) is 50.1 Å². The van der Waals surface area contributed by atoms with Crippen molar-refractivity contribution in [2.24, 2.45) is 0 Å². The average Bonchev–Trinajstić information content (AvgIpc) is 3.58. The Morgan fingerprint density at radius 2 is 0.880 bits per heavy atom. The van der Waals surface area contributed by atoms with E-state index in [1.165, 1.54) is 43.4 Å². The lowest BCUT2D eigenvalue weighted by Crippen LogP contribution is -2.12. The first-order chi connectivity index (χ1) is 24.8. The number of para-hydroxylation sites is 2. The minimum atomic E-state index is 0.870. The third kappa shape index (κ3) is 4.50. The van der Waals surface area contributed by atoms with Crippen LogP contribution in [0.3, 0.4) is 0 Å². The van der Waals surface area contributed by atoms with Gasteiger partial charge in [-0.15, -0.1) is 0 Å². The molecular formula is C48H31NO. The molecule has 0 amide bonds. The highest BCUT2D eigenvalue weighted by Crippen LogP contribution is 2.49. The van der Waals surface area contributed by atoms with Crippen LogP contribution in [0.5, 0.6) is 0 Å². The standard InChI is InChI=1S/C48H31NO/c1-3-19-36-32(14-1)16-12-25-37(36)33-17-11-18-34(30-33)39-21-7-9-26-43(39)49(44-27-13-29-47-48(44)42-24-8-10-28-46(42)50-47)45-31-35-15-2-4-20-38(35)40-22-5-6-23-41(40)45/h1-31H. The van der Waals surface area contributed by atoms with Gasteiger partial charge in [0.2, 0.25) is 0 Å². The third-order valence-electron chi connectivity index (χ3n) is 10.0. The Bertz CT molecular complexity index is 2890. The summed E-state index contributed by atoms with van der Waals surface area (Å²) in [7, 11) is 0. The summed E-state index contributed by atoms with van der Waals surface area (Å²) in [6, 6.07) is 67.6. The van der Waals surface area contributed by atoms with Crippen molar-refractivity contribution in [3.8, 4) is 22.3 Å². The summed E-state index contributed by atoms with van der Waals surface area (Å²) < 4.78 is 6.46. The summed E-state index contributed by atoms with van der Waals surface area (Å²) >= 11 is 0. The zero-order valence-corrected chi connectivity index (χ0v) is 27.3. The molecule has 0 atom stereocenters. The van der Waals surface area contributed by atoms with E-state index in [2.05, 4.69) is 187 Å². The maximum atomic E-state index is 6.46. The first-order valence-electron chi connectivity index (χ1n) is 17.1. The SMILES string of the molecule is c1cc(-c2ccccc2N(c2cc3ccccc3c3ccccc23)c2cccc3oc4ccccc4c23)cc(-c2cccc3ccccc23)c1. The molecule has 9 aromatic carbocycles. The van der Waals surface area contributed by atoms with E-state index in [0.29, 0.717) is 0 Å². The van der Waals surface area contributed by atoms with Gasteiger partial charge in [0.15, 0.2) is 0 Å². The van der Waals surface area contributed by atoms with Gasteiger partial charge in [-0.05, 0) is 80.0 Å². The van der Waals surface area contributed by atoms with Crippen molar-refractivity contribution >= 4 is 71.3 Å². The fourth-order valence-electron chi connectivity index (χ4n) is 7.80. The van der Waals surface area contributed by atoms with Gasteiger partial charge in [0.25, 0.3) is 0 Å². The molecule has 0 N–H and O–H groups in total. The molecule has 50 heavy (non-hydrogen) atoms. The van der Waals surface area contributed by atoms with Crippen molar-refractivity contribution in [2.75, 3.05) is 4.90 Å². The van der Waals surface area contributed by atoms with Gasteiger partial charge in [-0.3, -0.25) is 0 Å². The van der Waals surface area contributed by atoms with Gasteiger partial charge in [0.05, 0.1) is 22.4 Å². The molecule has 2 heteroatoms. The third-order valence-corrected chi connectivity index (χ3v) is 10.0. The molecule has 0 saturated heterocycles. The van der Waals surface area contributed by atoms with E-state index < -0.39 is 0 Å². The van der Waals surface area contributed by atoms with Crippen molar-refractivity contribution in [2.45, 2.75) is 0 Å². The smallest absolute Gasteiger partial charge is 0.137 e. The zero-order chi connectivity index (χ0) is 33.0. The van der Waals surface area contributed by atoms with Gasteiger partial charge in [-0.2, -0.15) is 0 Å². The normalized spacial score (nSPS) is 11.6. The molecule has 1 aromatic heterocycles. The van der Waals surface area contributed by atoms with E-state index in [1.807, 2.05) is 6.07 Å². The lowest BCUT2D eigenvalue weighted by Gasteiger charge is -2.30. The maximum absolute atomic E-state index is 6.46. The fraction of sp³-hybridized carbons (Fsp3) is 0. The van der Waals surface area contributed by atoms with Crippen LogP contribution in [0.15, 0.2) is 192 Å². The van der Waals surface area contributed by atoms with Crippen molar-refractivity contribution in [1.82, 2.24) is 0 Å². The molecule has 0 unspecified atom stereocenters. The van der Waals surface area contributed by atoms with Crippen LogP contribution in [-0.4, -0.2) is 0 Å². The highest BCUT2D eigenvalue weighted by molar-refractivity contribution is 6.18. The first kappa shape index (κ1) is 28.4. The number of benzene rings is 9. The summed E-state index contributed by atoms with van der Waals surface area (Å²) in [4.78, 5) is 2.46. The average molecular weight is 638 g/mol. The number of hydrogen-bond acceptors (Lipinski definition) is 2. The van der Waals surface area contributed by atoms with Crippen LogP contribution in [0.4, 0.5) is 17.1 Å². The molecule has 0 saturated carbocycles. The number of fused-ring (bicyclic) bond motifs is 7. The van der Waals surface area contributed by atoms with Gasteiger partial charge in [0, 0.05) is 16.3 Å². The van der Waals surface area contributed by atoms with E-state index in [9.17, 15) is 0 Å². The van der Waals surface area contributed by atoms with Crippen molar-refractivity contribution in [1.29, 1.82) is 0 Å². The van der Waals surface area contributed by atoms with Crippen LogP contribution in [0, 0.1) is 0 Å². The molecule has 0 fully saturated rings. The van der Waals surface area contributed by atoms with Crippen molar-refractivity contribution in [3.05, 3.63) is 188 Å². The van der Waals surface area contributed by atoms with Gasteiger partial charge in [0.1, 0.15) is 11.2 Å². The summed E-state index contributed by atoms with van der Waals surface area (Å²) in [6.07, 6.45) is 0. The van der Waals surface area contributed by atoms with Crippen LogP contribution < -0.4 is 4.90 Å². The Morgan fingerprint density at radius 1 is 0.320 bits per heavy atom. The minimum absolute atomic E-state index is 0.870. The van der Waals surface area contributed by atoms with E-state index in [1.54, 1.807) is 0 Å². The van der Waals surface area contributed by atoms with Gasteiger partial charge in [-0.1, -0.05) is 152 Å². The van der Waals surface area contributed by atoms with Crippen LogP contribution in [-0.2, 0) is 0 Å². The predicted octanol–water partition coefficient (Wildman–Crippen LogP) is 13.8. The van der Waals surface area contributed by atoms with Crippen molar-refractivity contribution < 1.29 is 4.42 Å². The Labute approximate surface area is 290 Å². The number of furan rings is 1. The summed E-state index contributed by atoms with van der Waals surface area (Å²) in [6.45, 7) is 0.